The van der Waals surface area contributed by atoms with Crippen molar-refractivity contribution in [3.05, 3.63) is 35.4 Å². The van der Waals surface area contributed by atoms with Crippen molar-refractivity contribution in [2.75, 3.05) is 145 Å². The van der Waals surface area contributed by atoms with Gasteiger partial charge in [-0.1, -0.05) is 24.3 Å². The van der Waals surface area contributed by atoms with E-state index in [1.807, 2.05) is 39.8 Å². The fraction of sp³-hybridized carbons (Fsp3) is 0.706. The van der Waals surface area contributed by atoms with Crippen molar-refractivity contribution < 1.29 is 39.6 Å². The Hall–Kier alpha value is -3.22. The Bertz CT molecular complexity index is 1070. The summed E-state index contributed by atoms with van der Waals surface area (Å²) in [6.45, 7) is 11.0. The molecular weight excluding hydrogens is 648 g/mol. The lowest BCUT2D eigenvalue weighted by Gasteiger charge is -2.33. The lowest BCUT2D eigenvalue weighted by atomic mass is 10.1. The van der Waals surface area contributed by atoms with E-state index >= 15 is 0 Å². The minimum Gasteiger partial charge on any atom is -0.480 e. The highest BCUT2D eigenvalue weighted by atomic mass is 16.4. The molecule has 0 amide bonds. The summed E-state index contributed by atoms with van der Waals surface area (Å²) in [6, 6.07) is 8.30. The highest BCUT2D eigenvalue weighted by Gasteiger charge is 2.20. The van der Waals surface area contributed by atoms with Crippen LogP contribution in [0.5, 0.6) is 0 Å². The van der Waals surface area contributed by atoms with Gasteiger partial charge in [0.25, 0.3) is 0 Å². The van der Waals surface area contributed by atoms with E-state index in [2.05, 4.69) is 37.8 Å². The molecule has 0 atom stereocenters. The van der Waals surface area contributed by atoms with E-state index in [1.165, 1.54) is 0 Å². The first-order chi connectivity index (χ1) is 23.8. The Labute approximate surface area is 296 Å². The first kappa shape index (κ1) is 41.2. The molecular formula is C34H58N8O8. The first-order valence-corrected chi connectivity index (χ1v) is 17.5. The number of nitrogens with zero attached hydrogens (tertiary/aromatic N) is 8. The third-order valence-corrected chi connectivity index (χ3v) is 9.36. The van der Waals surface area contributed by atoms with Crippen LogP contribution >= 0.6 is 0 Å². The molecule has 0 unspecified atom stereocenters. The molecule has 2 heterocycles. The van der Waals surface area contributed by atoms with Gasteiger partial charge in [0.05, 0.1) is 26.2 Å². The molecule has 2 aliphatic heterocycles. The van der Waals surface area contributed by atoms with Crippen LogP contribution < -0.4 is 0 Å². The molecule has 16 heteroatoms. The van der Waals surface area contributed by atoms with E-state index in [0.717, 1.165) is 11.1 Å². The van der Waals surface area contributed by atoms with E-state index in [0.29, 0.717) is 118 Å². The van der Waals surface area contributed by atoms with Crippen LogP contribution in [0.2, 0.25) is 0 Å². The minimum atomic E-state index is -0.863. The zero-order valence-corrected chi connectivity index (χ0v) is 29.9. The molecule has 1 aromatic rings. The lowest BCUT2D eigenvalue weighted by Crippen LogP contribution is -2.47. The van der Waals surface area contributed by atoms with Gasteiger partial charge in [0, 0.05) is 118 Å². The molecule has 0 aliphatic carbocycles. The van der Waals surface area contributed by atoms with Gasteiger partial charge in [0.15, 0.2) is 0 Å². The standard InChI is InChI=1S/C34H58N8O8/c1-35-6-10-39(25-31(43)44)18-14-37(15-19-40(11-7-35)26-32(45)46)23-29-4-3-5-30(22-29)24-38-16-20-41(27-33(47)48)12-8-36(2)9-13-42(21-17-38)28-34(49)50/h3-5,22H,6-21,23-28H2,1-2H3,(H,43,44)(H,45,46)(H,47,48)(H,49,50). The van der Waals surface area contributed by atoms with Gasteiger partial charge >= 0.3 is 23.9 Å². The smallest absolute Gasteiger partial charge is 0.317 e. The monoisotopic (exact) mass is 706 g/mol. The number of carbonyl (C=O) groups is 4. The Morgan fingerprint density at radius 3 is 0.940 bits per heavy atom. The van der Waals surface area contributed by atoms with Crippen LogP contribution in [0.4, 0.5) is 0 Å². The number of rotatable bonds is 12. The number of carboxylic acids is 4. The average Bonchev–Trinajstić information content (AvgIpc) is 3.03. The summed E-state index contributed by atoms with van der Waals surface area (Å²) >= 11 is 0. The van der Waals surface area contributed by atoms with Gasteiger partial charge in [-0.2, -0.15) is 0 Å². The van der Waals surface area contributed by atoms with Crippen molar-refractivity contribution in [1.82, 2.24) is 39.2 Å². The third-order valence-electron chi connectivity index (χ3n) is 9.36. The van der Waals surface area contributed by atoms with Crippen LogP contribution in [0.15, 0.2) is 24.3 Å². The fourth-order valence-electron chi connectivity index (χ4n) is 6.33. The molecule has 282 valence electrons. The molecule has 2 aliphatic rings. The SMILES string of the molecule is CN1CCN(CC(=O)O)CCN(Cc2cccc(CN3CCN(CC(=O)O)CCN(C)CCN(CC(=O)O)CC3)c2)CCN(CC(=O)O)CC1. The van der Waals surface area contributed by atoms with Gasteiger partial charge in [-0.3, -0.25) is 48.6 Å². The topological polar surface area (TPSA) is 175 Å². The van der Waals surface area contributed by atoms with Crippen molar-refractivity contribution >= 4 is 23.9 Å². The van der Waals surface area contributed by atoms with E-state index in [9.17, 15) is 39.6 Å². The van der Waals surface area contributed by atoms with Crippen molar-refractivity contribution in [2.45, 2.75) is 13.1 Å². The quantitative estimate of drug-likeness (QED) is 0.202. The fourth-order valence-corrected chi connectivity index (χ4v) is 6.33. The van der Waals surface area contributed by atoms with Crippen LogP contribution in [0, 0.1) is 0 Å². The maximum absolute atomic E-state index is 11.6. The Morgan fingerprint density at radius 2 is 0.680 bits per heavy atom. The summed E-state index contributed by atoms with van der Waals surface area (Å²) in [5.74, 6) is -3.45. The summed E-state index contributed by atoms with van der Waals surface area (Å²) in [7, 11) is 3.94. The molecule has 0 radical (unpaired) electrons. The maximum Gasteiger partial charge on any atom is 0.317 e. The minimum absolute atomic E-state index is 0.0391. The zero-order chi connectivity index (χ0) is 36.5. The van der Waals surface area contributed by atoms with Crippen molar-refractivity contribution in [1.29, 1.82) is 0 Å². The lowest BCUT2D eigenvalue weighted by molar-refractivity contribution is -0.139. The Kier molecular flexibility index (Phi) is 18.0. The van der Waals surface area contributed by atoms with E-state index in [1.54, 1.807) is 0 Å². The predicted octanol–water partition coefficient (Wildman–Crippen LogP) is -1.27. The van der Waals surface area contributed by atoms with Crippen LogP contribution in [0.25, 0.3) is 0 Å². The molecule has 50 heavy (non-hydrogen) atoms. The molecule has 3 rings (SSSR count). The van der Waals surface area contributed by atoms with Crippen molar-refractivity contribution in [3.8, 4) is 0 Å². The average molecular weight is 707 g/mol. The summed E-state index contributed by atoms with van der Waals surface area (Å²) in [6.07, 6.45) is 0. The first-order valence-electron chi connectivity index (χ1n) is 17.5. The number of benzene rings is 1. The number of carboxylic acid groups (broad SMARTS) is 4. The van der Waals surface area contributed by atoms with Crippen molar-refractivity contribution in [3.63, 3.8) is 0 Å². The molecule has 2 saturated heterocycles. The molecule has 0 bridgehead atoms. The second-order valence-corrected chi connectivity index (χ2v) is 13.7. The van der Waals surface area contributed by atoms with E-state index < -0.39 is 23.9 Å². The highest BCUT2D eigenvalue weighted by molar-refractivity contribution is 5.70. The molecule has 16 nitrogen and oxygen atoms in total. The van der Waals surface area contributed by atoms with Gasteiger partial charge in [0.1, 0.15) is 0 Å². The van der Waals surface area contributed by atoms with Crippen LogP contribution in [0.3, 0.4) is 0 Å². The maximum atomic E-state index is 11.6. The second-order valence-electron chi connectivity index (χ2n) is 13.7. The molecule has 1 aromatic carbocycles. The number of aliphatic carboxylic acids is 4. The van der Waals surface area contributed by atoms with Gasteiger partial charge < -0.3 is 30.2 Å². The largest absolute Gasteiger partial charge is 0.480 e. The summed E-state index contributed by atoms with van der Waals surface area (Å²) < 4.78 is 0. The number of likely N-dealkylation sites (N-methyl/N-ethyl adjacent to an activating group) is 2. The molecule has 4 N–H and O–H groups in total. The summed E-state index contributed by atoms with van der Waals surface area (Å²) in [5, 5.41) is 38.1. The highest BCUT2D eigenvalue weighted by Crippen LogP contribution is 2.13. The zero-order valence-electron chi connectivity index (χ0n) is 29.9. The Balaban J connectivity index is 1.76. The van der Waals surface area contributed by atoms with Gasteiger partial charge in [-0.15, -0.1) is 0 Å². The molecule has 0 aromatic heterocycles. The third kappa shape index (κ3) is 17.1. The van der Waals surface area contributed by atoms with Crippen LogP contribution in [0.1, 0.15) is 11.1 Å². The summed E-state index contributed by atoms with van der Waals surface area (Å²) in [5.41, 5.74) is 2.17. The normalized spacial score (nSPS) is 21.0. The van der Waals surface area contributed by atoms with Gasteiger partial charge in [0.2, 0.25) is 0 Å². The molecule has 2 fully saturated rings. The van der Waals surface area contributed by atoms with Crippen LogP contribution in [-0.2, 0) is 32.3 Å². The van der Waals surface area contributed by atoms with E-state index in [-0.39, 0.29) is 26.2 Å². The van der Waals surface area contributed by atoms with Crippen LogP contribution in [-0.4, -0.2) is 228 Å². The number of hydrogen-bond acceptors (Lipinski definition) is 12. The number of hydrogen-bond donors (Lipinski definition) is 4. The van der Waals surface area contributed by atoms with Crippen molar-refractivity contribution in [2.24, 2.45) is 0 Å². The van der Waals surface area contributed by atoms with Gasteiger partial charge in [-0.05, 0) is 25.2 Å². The molecule has 0 saturated carbocycles. The predicted molar refractivity (Wildman–Crippen MR) is 188 cm³/mol. The van der Waals surface area contributed by atoms with E-state index in [4.69, 9.17) is 0 Å². The molecule has 0 spiro atoms. The van der Waals surface area contributed by atoms with Gasteiger partial charge in [-0.25, -0.2) is 0 Å². The second kappa shape index (κ2) is 21.9. The summed E-state index contributed by atoms with van der Waals surface area (Å²) in [4.78, 5) is 63.0. The Morgan fingerprint density at radius 1 is 0.440 bits per heavy atom.